The van der Waals surface area contributed by atoms with Gasteiger partial charge >= 0.3 is 0 Å². The Hall–Kier alpha value is -2.14. The van der Waals surface area contributed by atoms with Crippen molar-refractivity contribution in [2.45, 2.75) is 11.8 Å². The molecule has 2 aromatic rings. The van der Waals surface area contributed by atoms with Gasteiger partial charge in [0.1, 0.15) is 11.3 Å². The lowest BCUT2D eigenvalue weighted by Gasteiger charge is -2.13. The van der Waals surface area contributed by atoms with Crippen molar-refractivity contribution >= 4 is 29.0 Å². The minimum Gasteiger partial charge on any atom is -0.493 e. The van der Waals surface area contributed by atoms with Crippen LogP contribution in [0.2, 0.25) is 0 Å². The van der Waals surface area contributed by atoms with Crippen LogP contribution in [0.25, 0.3) is 0 Å². The number of anilines is 2. The van der Waals surface area contributed by atoms with Crippen LogP contribution in [-0.4, -0.2) is 18.8 Å². The van der Waals surface area contributed by atoms with Crippen molar-refractivity contribution < 1.29 is 9.53 Å². The Morgan fingerprint density at radius 2 is 2.05 bits per heavy atom. The number of ether oxygens (including phenoxy) is 1. The quantitative estimate of drug-likeness (QED) is 0.654. The van der Waals surface area contributed by atoms with E-state index in [1.54, 1.807) is 30.0 Å². The number of thioether (sulfide) groups is 1. The lowest BCUT2D eigenvalue weighted by atomic mass is 10.1. The van der Waals surface area contributed by atoms with Crippen molar-refractivity contribution in [2.75, 3.05) is 23.9 Å². The van der Waals surface area contributed by atoms with Gasteiger partial charge in [-0.25, -0.2) is 0 Å². The number of carbonyl (C=O) groups is 1. The third-order valence-electron chi connectivity index (χ3n) is 2.91. The van der Waals surface area contributed by atoms with Gasteiger partial charge in [-0.1, -0.05) is 12.1 Å². The van der Waals surface area contributed by atoms with Crippen molar-refractivity contribution in [3.63, 3.8) is 0 Å². The van der Waals surface area contributed by atoms with E-state index >= 15 is 0 Å². The number of amides is 1. The summed E-state index contributed by atoms with van der Waals surface area (Å²) in [6, 6.07) is 12.9. The molecule has 2 aromatic carbocycles. The van der Waals surface area contributed by atoms with E-state index in [-0.39, 0.29) is 5.91 Å². The maximum Gasteiger partial charge on any atom is 0.261 e. The summed E-state index contributed by atoms with van der Waals surface area (Å²) in [5.41, 5.74) is 7.42. The molecule has 0 heterocycles. The summed E-state index contributed by atoms with van der Waals surface area (Å²) < 4.78 is 5.48. The SMILES string of the molecule is CCOc1cccc(N)c1C(=O)Nc1cccc(SC)c1. The topological polar surface area (TPSA) is 64.3 Å². The summed E-state index contributed by atoms with van der Waals surface area (Å²) in [5.74, 6) is 0.228. The van der Waals surface area contributed by atoms with Crippen molar-refractivity contribution in [3.05, 3.63) is 48.0 Å². The normalized spacial score (nSPS) is 10.2. The molecule has 0 aliphatic rings. The van der Waals surface area contributed by atoms with Gasteiger partial charge in [0, 0.05) is 16.3 Å². The second-order valence-electron chi connectivity index (χ2n) is 4.34. The first-order valence-electron chi connectivity index (χ1n) is 6.62. The Morgan fingerprint density at radius 3 is 2.76 bits per heavy atom. The lowest BCUT2D eigenvalue weighted by Crippen LogP contribution is -2.15. The van der Waals surface area contributed by atoms with E-state index < -0.39 is 0 Å². The molecule has 0 atom stereocenters. The van der Waals surface area contributed by atoms with Crippen LogP contribution < -0.4 is 15.8 Å². The number of nitrogens with one attached hydrogen (secondary N) is 1. The van der Waals surface area contributed by atoms with Gasteiger partial charge in [0.15, 0.2) is 0 Å². The molecule has 0 bridgehead atoms. The van der Waals surface area contributed by atoms with Crippen LogP contribution >= 0.6 is 11.8 Å². The fourth-order valence-electron chi connectivity index (χ4n) is 1.96. The molecule has 5 heteroatoms. The number of nitrogens with two attached hydrogens (primary N) is 1. The molecule has 21 heavy (non-hydrogen) atoms. The molecular weight excluding hydrogens is 284 g/mol. The summed E-state index contributed by atoms with van der Waals surface area (Å²) >= 11 is 1.62. The molecule has 1 amide bonds. The summed E-state index contributed by atoms with van der Waals surface area (Å²) in [5, 5.41) is 2.86. The first kappa shape index (κ1) is 15.3. The standard InChI is InChI=1S/C16H18N2O2S/c1-3-20-14-9-5-8-13(17)15(14)16(19)18-11-6-4-7-12(10-11)21-2/h4-10H,3,17H2,1-2H3,(H,18,19). The molecule has 0 aromatic heterocycles. The predicted octanol–water partition coefficient (Wildman–Crippen LogP) is 3.64. The van der Waals surface area contributed by atoms with Crippen LogP contribution in [0.15, 0.2) is 47.4 Å². The zero-order valence-electron chi connectivity index (χ0n) is 12.1. The third-order valence-corrected chi connectivity index (χ3v) is 3.64. The molecule has 0 unspecified atom stereocenters. The van der Waals surface area contributed by atoms with Gasteiger partial charge in [0.25, 0.3) is 5.91 Å². The van der Waals surface area contributed by atoms with Crippen LogP contribution in [0, 0.1) is 0 Å². The summed E-state index contributed by atoms with van der Waals surface area (Å²) in [6.07, 6.45) is 1.99. The Bertz CT molecular complexity index is 644. The molecule has 2 rings (SSSR count). The number of nitrogen functional groups attached to an aromatic ring is 1. The lowest BCUT2D eigenvalue weighted by molar-refractivity contribution is 0.102. The Morgan fingerprint density at radius 1 is 1.29 bits per heavy atom. The fourth-order valence-corrected chi connectivity index (χ4v) is 2.42. The Kier molecular flexibility index (Phi) is 5.11. The molecule has 3 N–H and O–H groups in total. The number of benzene rings is 2. The highest BCUT2D eigenvalue weighted by Crippen LogP contribution is 2.26. The van der Waals surface area contributed by atoms with Gasteiger partial charge in [0.2, 0.25) is 0 Å². The zero-order chi connectivity index (χ0) is 15.2. The molecule has 0 aliphatic carbocycles. The Labute approximate surface area is 128 Å². The molecule has 0 saturated heterocycles. The largest absolute Gasteiger partial charge is 0.493 e. The monoisotopic (exact) mass is 302 g/mol. The zero-order valence-corrected chi connectivity index (χ0v) is 12.9. The minimum absolute atomic E-state index is 0.269. The Balaban J connectivity index is 2.27. The minimum atomic E-state index is -0.269. The number of rotatable bonds is 5. The summed E-state index contributed by atoms with van der Waals surface area (Å²) in [4.78, 5) is 13.5. The highest BCUT2D eigenvalue weighted by atomic mass is 32.2. The summed E-state index contributed by atoms with van der Waals surface area (Å²) in [7, 11) is 0. The van der Waals surface area contributed by atoms with Crippen LogP contribution in [0.1, 0.15) is 17.3 Å². The van der Waals surface area contributed by atoms with Gasteiger partial charge in [0.05, 0.1) is 6.61 Å². The molecule has 0 aliphatic heterocycles. The first-order chi connectivity index (χ1) is 10.2. The third kappa shape index (κ3) is 3.70. The number of hydrogen-bond donors (Lipinski definition) is 2. The van der Waals surface area contributed by atoms with Gasteiger partial charge in [-0.15, -0.1) is 11.8 Å². The molecule has 0 radical (unpaired) electrons. The smallest absolute Gasteiger partial charge is 0.261 e. The highest BCUT2D eigenvalue weighted by molar-refractivity contribution is 7.98. The van der Waals surface area contributed by atoms with Crippen LogP contribution in [0.4, 0.5) is 11.4 Å². The van der Waals surface area contributed by atoms with E-state index in [4.69, 9.17) is 10.5 Å². The number of hydrogen-bond acceptors (Lipinski definition) is 4. The van der Waals surface area contributed by atoms with Gasteiger partial charge < -0.3 is 15.8 Å². The molecule has 0 saturated carbocycles. The molecular formula is C16H18N2O2S. The maximum atomic E-state index is 12.5. The van der Waals surface area contributed by atoms with E-state index in [1.165, 1.54) is 0 Å². The second-order valence-corrected chi connectivity index (χ2v) is 5.22. The van der Waals surface area contributed by atoms with Crippen LogP contribution in [0.3, 0.4) is 0 Å². The average Bonchev–Trinajstić information content (AvgIpc) is 2.47. The first-order valence-corrected chi connectivity index (χ1v) is 7.85. The van der Waals surface area contributed by atoms with E-state index in [0.717, 1.165) is 10.6 Å². The number of carbonyl (C=O) groups excluding carboxylic acids is 1. The molecule has 110 valence electrons. The van der Waals surface area contributed by atoms with Crippen molar-refractivity contribution in [1.82, 2.24) is 0 Å². The predicted molar refractivity (Wildman–Crippen MR) is 88.2 cm³/mol. The van der Waals surface area contributed by atoms with E-state index in [1.807, 2.05) is 37.4 Å². The van der Waals surface area contributed by atoms with Crippen LogP contribution in [-0.2, 0) is 0 Å². The van der Waals surface area contributed by atoms with Gasteiger partial charge in [-0.3, -0.25) is 4.79 Å². The maximum absolute atomic E-state index is 12.5. The van der Waals surface area contributed by atoms with E-state index in [2.05, 4.69) is 5.32 Å². The molecule has 0 fully saturated rings. The van der Waals surface area contributed by atoms with E-state index in [0.29, 0.717) is 23.6 Å². The van der Waals surface area contributed by atoms with Crippen molar-refractivity contribution in [1.29, 1.82) is 0 Å². The van der Waals surface area contributed by atoms with E-state index in [9.17, 15) is 4.79 Å². The summed E-state index contributed by atoms with van der Waals surface area (Å²) in [6.45, 7) is 2.35. The van der Waals surface area contributed by atoms with Crippen LogP contribution in [0.5, 0.6) is 5.75 Å². The van der Waals surface area contributed by atoms with Crippen molar-refractivity contribution in [2.24, 2.45) is 0 Å². The van der Waals surface area contributed by atoms with Crippen molar-refractivity contribution in [3.8, 4) is 5.75 Å². The van der Waals surface area contributed by atoms with Gasteiger partial charge in [-0.2, -0.15) is 0 Å². The van der Waals surface area contributed by atoms with Gasteiger partial charge in [-0.05, 0) is 43.5 Å². The molecule has 0 spiro atoms. The fraction of sp³-hybridized carbons (Fsp3) is 0.188. The average molecular weight is 302 g/mol. The molecule has 4 nitrogen and oxygen atoms in total. The second kappa shape index (κ2) is 7.04. The highest BCUT2D eigenvalue weighted by Gasteiger charge is 2.16.